The van der Waals surface area contributed by atoms with E-state index in [9.17, 15) is 4.39 Å². The largest absolute Gasteiger partial charge is 0.317 e. The fraction of sp³-hybridized carbons (Fsp3) is 0.647. The zero-order valence-electron chi connectivity index (χ0n) is 12.5. The third-order valence-corrected chi connectivity index (χ3v) is 5.00. The number of nitrogens with one attached hydrogen (secondary N) is 1. The van der Waals surface area contributed by atoms with Crippen LogP contribution in [0, 0.1) is 17.7 Å². The lowest BCUT2D eigenvalue weighted by atomic mass is 9.63. The van der Waals surface area contributed by atoms with Gasteiger partial charge in [-0.25, -0.2) is 4.39 Å². The second-order valence-corrected chi connectivity index (χ2v) is 6.65. The zero-order chi connectivity index (χ0) is 14.0. The summed E-state index contributed by atoms with van der Waals surface area (Å²) in [5.41, 5.74) is 1.33. The van der Waals surface area contributed by atoms with E-state index in [0.717, 1.165) is 5.92 Å². The van der Waals surface area contributed by atoms with Gasteiger partial charge in [0.1, 0.15) is 5.82 Å². The summed E-state index contributed by atoms with van der Waals surface area (Å²) in [5, 5.41) is 3.50. The first-order chi connectivity index (χ1) is 8.95. The van der Waals surface area contributed by atoms with Crippen molar-refractivity contribution < 1.29 is 4.39 Å². The molecule has 3 atom stereocenters. The third-order valence-electron chi connectivity index (χ3n) is 5.00. The van der Waals surface area contributed by atoms with Crippen molar-refractivity contribution in [3.05, 3.63) is 35.6 Å². The van der Waals surface area contributed by atoms with Crippen molar-refractivity contribution in [3.63, 3.8) is 0 Å². The Balaban J connectivity index is 2.24. The molecule has 0 radical (unpaired) electrons. The van der Waals surface area contributed by atoms with Crippen LogP contribution in [0.1, 0.15) is 45.6 Å². The van der Waals surface area contributed by atoms with Gasteiger partial charge in [-0.1, -0.05) is 39.3 Å². The molecule has 1 N–H and O–H groups in total. The van der Waals surface area contributed by atoms with E-state index in [2.05, 4.69) is 33.1 Å². The Morgan fingerprint density at radius 1 is 1.16 bits per heavy atom. The molecule has 1 aliphatic carbocycles. The molecule has 0 heterocycles. The lowest BCUT2D eigenvalue weighted by Gasteiger charge is -2.44. The van der Waals surface area contributed by atoms with Crippen LogP contribution in [0.4, 0.5) is 4.39 Å². The van der Waals surface area contributed by atoms with Crippen LogP contribution in [-0.2, 0) is 5.41 Å². The van der Waals surface area contributed by atoms with Gasteiger partial charge in [0.15, 0.2) is 0 Å². The Hall–Kier alpha value is -0.890. The summed E-state index contributed by atoms with van der Waals surface area (Å²) in [6.45, 7) is 6.93. The lowest BCUT2D eigenvalue weighted by molar-refractivity contribution is 0.151. The summed E-state index contributed by atoms with van der Waals surface area (Å²) in [7, 11) is 2.07. The summed E-state index contributed by atoms with van der Waals surface area (Å²) < 4.78 is 13.1. The first-order valence-electron chi connectivity index (χ1n) is 7.38. The predicted molar refractivity (Wildman–Crippen MR) is 78.8 cm³/mol. The molecule has 0 aromatic heterocycles. The van der Waals surface area contributed by atoms with Gasteiger partial charge >= 0.3 is 0 Å². The monoisotopic (exact) mass is 263 g/mol. The van der Waals surface area contributed by atoms with Crippen LogP contribution in [0.25, 0.3) is 0 Å². The van der Waals surface area contributed by atoms with Gasteiger partial charge in [-0.2, -0.15) is 0 Å². The van der Waals surface area contributed by atoms with Gasteiger partial charge in [0.05, 0.1) is 0 Å². The maximum atomic E-state index is 13.1. The molecule has 2 rings (SSSR count). The van der Waals surface area contributed by atoms with E-state index in [1.165, 1.54) is 24.8 Å². The maximum Gasteiger partial charge on any atom is 0.123 e. The second kappa shape index (κ2) is 5.62. The van der Waals surface area contributed by atoms with E-state index in [4.69, 9.17) is 0 Å². The van der Waals surface area contributed by atoms with Crippen molar-refractivity contribution in [2.45, 2.75) is 51.5 Å². The minimum absolute atomic E-state index is 0.0848. The number of hydrogen-bond acceptors (Lipinski definition) is 1. The minimum Gasteiger partial charge on any atom is -0.317 e. The highest BCUT2D eigenvalue weighted by Gasteiger charge is 2.39. The number of halogens is 1. The molecule has 0 spiro atoms. The van der Waals surface area contributed by atoms with Crippen LogP contribution in [-0.4, -0.2) is 13.1 Å². The van der Waals surface area contributed by atoms with Crippen LogP contribution in [0.3, 0.4) is 0 Å². The smallest absolute Gasteiger partial charge is 0.123 e. The van der Waals surface area contributed by atoms with Gasteiger partial charge in [0, 0.05) is 6.04 Å². The number of hydrogen-bond donors (Lipinski definition) is 1. The van der Waals surface area contributed by atoms with Crippen molar-refractivity contribution in [2.24, 2.45) is 11.8 Å². The molecule has 2 heteroatoms. The number of benzene rings is 1. The van der Waals surface area contributed by atoms with E-state index in [1.54, 1.807) is 12.1 Å². The van der Waals surface area contributed by atoms with Crippen molar-refractivity contribution in [2.75, 3.05) is 7.05 Å². The average molecular weight is 263 g/mol. The molecule has 0 saturated heterocycles. The molecule has 1 aromatic carbocycles. The molecule has 1 saturated carbocycles. The Kier molecular flexibility index (Phi) is 4.29. The Morgan fingerprint density at radius 3 is 2.37 bits per heavy atom. The summed E-state index contributed by atoms with van der Waals surface area (Å²) in [5.74, 6) is 1.26. The van der Waals surface area contributed by atoms with E-state index >= 15 is 0 Å². The van der Waals surface area contributed by atoms with Gasteiger partial charge in [-0.05, 0) is 54.8 Å². The fourth-order valence-corrected chi connectivity index (χ4v) is 3.66. The molecule has 1 aliphatic rings. The molecule has 0 amide bonds. The molecule has 0 bridgehead atoms. The van der Waals surface area contributed by atoms with Crippen molar-refractivity contribution in [1.29, 1.82) is 0 Å². The van der Waals surface area contributed by atoms with Gasteiger partial charge in [-0.15, -0.1) is 0 Å². The van der Waals surface area contributed by atoms with Crippen molar-refractivity contribution in [1.82, 2.24) is 5.32 Å². The molecule has 1 fully saturated rings. The van der Waals surface area contributed by atoms with Crippen LogP contribution < -0.4 is 5.32 Å². The maximum absolute atomic E-state index is 13.1. The molecule has 1 aromatic rings. The summed E-state index contributed by atoms with van der Waals surface area (Å²) in [4.78, 5) is 0. The van der Waals surface area contributed by atoms with E-state index in [1.807, 2.05) is 12.1 Å². The molecule has 0 aliphatic heterocycles. The van der Waals surface area contributed by atoms with E-state index in [0.29, 0.717) is 12.0 Å². The highest BCUT2D eigenvalue weighted by atomic mass is 19.1. The topological polar surface area (TPSA) is 12.0 Å². The first-order valence-corrected chi connectivity index (χ1v) is 7.38. The molecular weight excluding hydrogens is 237 g/mol. The molecule has 3 unspecified atom stereocenters. The fourth-order valence-electron chi connectivity index (χ4n) is 3.66. The third kappa shape index (κ3) is 3.00. The van der Waals surface area contributed by atoms with Crippen LogP contribution in [0.15, 0.2) is 24.3 Å². The zero-order valence-corrected chi connectivity index (χ0v) is 12.5. The van der Waals surface area contributed by atoms with E-state index in [-0.39, 0.29) is 11.2 Å². The standard InChI is InChI=1S/C17H26FN/c1-12-5-10-15(16(11-12)19-4)17(2,3)13-6-8-14(18)9-7-13/h6-9,12,15-16,19H,5,10-11H2,1-4H3. The average Bonchev–Trinajstić information content (AvgIpc) is 2.38. The second-order valence-electron chi connectivity index (χ2n) is 6.65. The molecular formula is C17H26FN. The summed E-state index contributed by atoms with van der Waals surface area (Å²) in [6.07, 6.45) is 3.79. The Morgan fingerprint density at radius 2 is 1.79 bits per heavy atom. The van der Waals surface area contributed by atoms with Gasteiger partial charge in [-0.3, -0.25) is 0 Å². The van der Waals surface area contributed by atoms with E-state index < -0.39 is 0 Å². The van der Waals surface area contributed by atoms with Gasteiger partial charge in [0.2, 0.25) is 0 Å². The normalized spacial score (nSPS) is 28.4. The molecule has 19 heavy (non-hydrogen) atoms. The predicted octanol–water partition coefficient (Wildman–Crippen LogP) is 4.13. The van der Waals surface area contributed by atoms with Crippen molar-refractivity contribution >= 4 is 0 Å². The highest BCUT2D eigenvalue weighted by molar-refractivity contribution is 5.26. The Labute approximate surface area is 116 Å². The van der Waals surface area contributed by atoms with Crippen molar-refractivity contribution in [3.8, 4) is 0 Å². The summed E-state index contributed by atoms with van der Waals surface area (Å²) in [6, 6.07) is 7.61. The van der Waals surface area contributed by atoms with Crippen LogP contribution in [0.5, 0.6) is 0 Å². The van der Waals surface area contributed by atoms with Crippen LogP contribution >= 0.6 is 0 Å². The number of rotatable bonds is 3. The quantitative estimate of drug-likeness (QED) is 0.864. The minimum atomic E-state index is -0.151. The molecule has 106 valence electrons. The molecule has 1 nitrogen and oxygen atoms in total. The first kappa shape index (κ1) is 14.5. The van der Waals surface area contributed by atoms with Gasteiger partial charge < -0.3 is 5.32 Å². The SMILES string of the molecule is CNC1CC(C)CCC1C(C)(C)c1ccc(F)cc1. The van der Waals surface area contributed by atoms with Gasteiger partial charge in [0.25, 0.3) is 0 Å². The summed E-state index contributed by atoms with van der Waals surface area (Å²) >= 11 is 0. The highest BCUT2D eigenvalue weighted by Crippen LogP contribution is 2.42. The van der Waals surface area contributed by atoms with Crippen LogP contribution in [0.2, 0.25) is 0 Å². The Bertz CT molecular complexity index is 410. The lowest BCUT2D eigenvalue weighted by Crippen LogP contribution is -2.47.